The van der Waals surface area contributed by atoms with Gasteiger partial charge < -0.3 is 9.64 Å². The first-order valence-corrected chi connectivity index (χ1v) is 12.2. The lowest BCUT2D eigenvalue weighted by Crippen LogP contribution is -2.48. The Labute approximate surface area is 182 Å². The minimum atomic E-state index is -3.48. The Balaban J connectivity index is 1.46. The van der Waals surface area contributed by atoms with Gasteiger partial charge in [-0.05, 0) is 36.4 Å². The van der Waals surface area contributed by atoms with E-state index in [1.54, 1.807) is 47.0 Å². The van der Waals surface area contributed by atoms with E-state index < -0.39 is 10.0 Å². The van der Waals surface area contributed by atoms with Crippen LogP contribution < -0.4 is 9.64 Å². The molecule has 152 valence electrons. The molecule has 3 aromatic rings. The maximum absolute atomic E-state index is 12.9. The lowest BCUT2D eigenvalue weighted by molar-refractivity contribution is 0.384. The largest absolute Gasteiger partial charge is 0.496 e. The van der Waals surface area contributed by atoms with Gasteiger partial charge in [0.15, 0.2) is 5.13 Å². The van der Waals surface area contributed by atoms with Gasteiger partial charge in [-0.25, -0.2) is 13.4 Å². The second kappa shape index (κ2) is 8.43. The molecule has 1 saturated heterocycles. The van der Waals surface area contributed by atoms with Crippen molar-refractivity contribution in [3.63, 3.8) is 0 Å². The van der Waals surface area contributed by atoms with Gasteiger partial charge in [0.1, 0.15) is 5.75 Å². The molecular formula is C20H20BrN3O3S2. The summed E-state index contributed by atoms with van der Waals surface area (Å²) in [6, 6.07) is 14.6. The SMILES string of the molecule is COc1ccccc1-c1csc(N2CCN(S(=O)(=O)c3ccc(Br)cc3)CC2)n1. The number of thiazole rings is 1. The summed E-state index contributed by atoms with van der Waals surface area (Å²) >= 11 is 4.90. The molecule has 0 amide bonds. The van der Waals surface area contributed by atoms with Crippen molar-refractivity contribution < 1.29 is 13.2 Å². The van der Waals surface area contributed by atoms with Crippen LogP contribution in [-0.2, 0) is 10.0 Å². The van der Waals surface area contributed by atoms with E-state index in [1.165, 1.54) is 0 Å². The fourth-order valence-corrected chi connectivity index (χ4v) is 5.83. The van der Waals surface area contributed by atoms with Crippen LogP contribution in [0.4, 0.5) is 5.13 Å². The second-order valence-electron chi connectivity index (χ2n) is 6.56. The van der Waals surface area contributed by atoms with Gasteiger partial charge >= 0.3 is 0 Å². The number of para-hydroxylation sites is 1. The summed E-state index contributed by atoms with van der Waals surface area (Å²) in [5.41, 5.74) is 1.82. The van der Waals surface area contributed by atoms with E-state index in [2.05, 4.69) is 20.8 Å². The zero-order valence-electron chi connectivity index (χ0n) is 15.8. The molecule has 4 rings (SSSR count). The number of methoxy groups -OCH3 is 1. The van der Waals surface area contributed by atoms with E-state index >= 15 is 0 Å². The first-order valence-electron chi connectivity index (χ1n) is 9.08. The van der Waals surface area contributed by atoms with Crippen molar-refractivity contribution >= 4 is 42.4 Å². The smallest absolute Gasteiger partial charge is 0.243 e. The molecule has 0 bridgehead atoms. The zero-order valence-corrected chi connectivity index (χ0v) is 19.0. The number of hydrogen-bond donors (Lipinski definition) is 0. The van der Waals surface area contributed by atoms with Crippen LogP contribution in [0.15, 0.2) is 63.3 Å². The molecule has 0 N–H and O–H groups in total. The Bertz CT molecular complexity index is 1090. The summed E-state index contributed by atoms with van der Waals surface area (Å²) in [6.45, 7) is 2.08. The number of halogens is 1. The second-order valence-corrected chi connectivity index (χ2v) is 10.3. The Hall–Kier alpha value is -1.94. The van der Waals surface area contributed by atoms with Crippen molar-refractivity contribution in [3.8, 4) is 17.0 Å². The van der Waals surface area contributed by atoms with Gasteiger partial charge in [-0.3, -0.25) is 0 Å². The quantitative estimate of drug-likeness (QED) is 0.535. The summed E-state index contributed by atoms with van der Waals surface area (Å²) in [4.78, 5) is 7.22. The number of anilines is 1. The summed E-state index contributed by atoms with van der Waals surface area (Å²) in [6.07, 6.45) is 0. The fourth-order valence-electron chi connectivity index (χ4n) is 3.26. The maximum Gasteiger partial charge on any atom is 0.243 e. The highest BCUT2D eigenvalue weighted by Crippen LogP contribution is 2.33. The van der Waals surface area contributed by atoms with Gasteiger partial charge in [-0.15, -0.1) is 11.3 Å². The molecule has 0 spiro atoms. The van der Waals surface area contributed by atoms with Gasteiger partial charge in [-0.2, -0.15) is 4.31 Å². The number of hydrogen-bond acceptors (Lipinski definition) is 6. The standard InChI is InChI=1S/C20H20BrN3O3S2/c1-27-19-5-3-2-4-17(19)18-14-28-20(22-18)23-10-12-24(13-11-23)29(25,26)16-8-6-15(21)7-9-16/h2-9,14H,10-13H2,1H3. The first kappa shape index (κ1) is 20.3. The molecule has 0 aliphatic carbocycles. The molecule has 0 saturated carbocycles. The molecule has 9 heteroatoms. The van der Waals surface area contributed by atoms with Crippen LogP contribution in [0.2, 0.25) is 0 Å². The molecule has 2 aromatic carbocycles. The molecule has 2 heterocycles. The predicted molar refractivity (Wildman–Crippen MR) is 119 cm³/mol. The Kier molecular flexibility index (Phi) is 5.91. The van der Waals surface area contributed by atoms with E-state index in [0.717, 1.165) is 26.6 Å². The fraction of sp³-hybridized carbons (Fsp3) is 0.250. The van der Waals surface area contributed by atoms with E-state index in [1.807, 2.05) is 29.6 Å². The molecule has 1 aliphatic rings. The summed E-state index contributed by atoms with van der Waals surface area (Å²) in [5.74, 6) is 0.787. The van der Waals surface area contributed by atoms with E-state index in [0.29, 0.717) is 31.1 Å². The summed E-state index contributed by atoms with van der Waals surface area (Å²) in [7, 11) is -1.83. The first-order chi connectivity index (χ1) is 14.0. The van der Waals surface area contributed by atoms with Crippen LogP contribution >= 0.6 is 27.3 Å². The van der Waals surface area contributed by atoms with Crippen molar-refractivity contribution in [2.45, 2.75) is 4.90 Å². The monoisotopic (exact) mass is 493 g/mol. The van der Waals surface area contributed by atoms with Crippen molar-refractivity contribution in [1.29, 1.82) is 0 Å². The lowest BCUT2D eigenvalue weighted by atomic mass is 10.1. The molecule has 6 nitrogen and oxygen atoms in total. The molecule has 0 unspecified atom stereocenters. The Morgan fingerprint density at radius 2 is 1.72 bits per heavy atom. The van der Waals surface area contributed by atoms with Gasteiger partial charge in [0, 0.05) is 41.6 Å². The third-order valence-corrected chi connectivity index (χ3v) is 8.18. The topological polar surface area (TPSA) is 62.7 Å². The normalized spacial score (nSPS) is 15.4. The molecule has 1 aliphatic heterocycles. The number of piperazine rings is 1. The highest BCUT2D eigenvalue weighted by atomic mass is 79.9. The minimum absolute atomic E-state index is 0.321. The van der Waals surface area contributed by atoms with Crippen LogP contribution in [0.5, 0.6) is 5.75 Å². The van der Waals surface area contributed by atoms with Crippen LogP contribution in [0.3, 0.4) is 0 Å². The molecular weight excluding hydrogens is 474 g/mol. The van der Waals surface area contributed by atoms with Crippen molar-refractivity contribution in [1.82, 2.24) is 9.29 Å². The number of benzene rings is 2. The number of rotatable bonds is 5. The van der Waals surface area contributed by atoms with E-state index in [9.17, 15) is 8.42 Å². The third-order valence-electron chi connectivity index (χ3n) is 4.84. The number of ether oxygens (including phenoxy) is 1. The minimum Gasteiger partial charge on any atom is -0.496 e. The zero-order chi connectivity index (χ0) is 20.4. The van der Waals surface area contributed by atoms with Crippen molar-refractivity contribution in [2.75, 3.05) is 38.2 Å². The maximum atomic E-state index is 12.9. The highest BCUT2D eigenvalue weighted by molar-refractivity contribution is 9.10. The van der Waals surface area contributed by atoms with Gasteiger partial charge in [0.2, 0.25) is 10.0 Å². The summed E-state index contributed by atoms with van der Waals surface area (Å²) in [5, 5.41) is 2.91. The molecule has 0 radical (unpaired) electrons. The average molecular weight is 494 g/mol. The molecule has 0 atom stereocenters. The average Bonchev–Trinajstić information content (AvgIpc) is 3.24. The van der Waals surface area contributed by atoms with Crippen LogP contribution in [-0.4, -0.2) is 51.0 Å². The number of nitrogens with zero attached hydrogens (tertiary/aromatic N) is 3. The Morgan fingerprint density at radius 1 is 1.03 bits per heavy atom. The Morgan fingerprint density at radius 3 is 2.41 bits per heavy atom. The molecule has 1 aromatic heterocycles. The van der Waals surface area contributed by atoms with Crippen LogP contribution in [0, 0.1) is 0 Å². The highest BCUT2D eigenvalue weighted by Gasteiger charge is 2.29. The number of sulfonamides is 1. The van der Waals surface area contributed by atoms with Gasteiger partial charge in [0.25, 0.3) is 0 Å². The third kappa shape index (κ3) is 4.18. The van der Waals surface area contributed by atoms with Crippen LogP contribution in [0.1, 0.15) is 0 Å². The van der Waals surface area contributed by atoms with Gasteiger partial charge in [-0.1, -0.05) is 28.1 Å². The van der Waals surface area contributed by atoms with Crippen molar-refractivity contribution in [3.05, 3.63) is 58.4 Å². The van der Waals surface area contributed by atoms with Crippen molar-refractivity contribution in [2.24, 2.45) is 0 Å². The molecule has 29 heavy (non-hydrogen) atoms. The van der Waals surface area contributed by atoms with Gasteiger partial charge in [0.05, 0.1) is 17.7 Å². The van der Waals surface area contributed by atoms with Crippen LogP contribution in [0.25, 0.3) is 11.3 Å². The summed E-state index contributed by atoms with van der Waals surface area (Å²) < 4.78 is 33.6. The van der Waals surface area contributed by atoms with E-state index in [4.69, 9.17) is 9.72 Å². The number of aromatic nitrogens is 1. The van der Waals surface area contributed by atoms with E-state index in [-0.39, 0.29) is 0 Å². The molecule has 1 fully saturated rings. The predicted octanol–water partition coefficient (Wildman–Crippen LogP) is 4.09. The lowest BCUT2D eigenvalue weighted by Gasteiger charge is -2.33.